The zero-order valence-corrected chi connectivity index (χ0v) is 12.4. The molecular weight excluding hydrogens is 351 g/mol. The average molecular weight is 366 g/mol. The third-order valence-electron chi connectivity index (χ3n) is 2.89. The molecule has 17 heavy (non-hydrogen) atoms. The lowest BCUT2D eigenvalue weighted by Crippen LogP contribution is -2.49. The second kappa shape index (κ2) is 6.12. The van der Waals surface area contributed by atoms with Crippen LogP contribution in [0, 0.1) is 2.88 Å². The number of carbonyl (C=O) groups excluding carboxylic acids is 1. The van der Waals surface area contributed by atoms with E-state index >= 15 is 0 Å². The van der Waals surface area contributed by atoms with Crippen LogP contribution in [0.3, 0.4) is 0 Å². The normalized spacial score (nSPS) is 17.4. The van der Waals surface area contributed by atoms with Gasteiger partial charge in [-0.15, -0.1) is 11.3 Å². The van der Waals surface area contributed by atoms with Crippen LogP contribution in [-0.2, 0) is 0 Å². The molecule has 1 aromatic rings. The quantitative estimate of drug-likeness (QED) is 0.815. The van der Waals surface area contributed by atoms with Gasteiger partial charge < -0.3 is 10.0 Å². The van der Waals surface area contributed by atoms with Crippen molar-refractivity contribution in [3.05, 3.63) is 19.9 Å². The van der Waals surface area contributed by atoms with E-state index in [2.05, 4.69) is 27.5 Å². The molecule has 1 aliphatic heterocycles. The molecule has 0 spiro atoms. The average Bonchev–Trinajstić information content (AvgIpc) is 2.76. The summed E-state index contributed by atoms with van der Waals surface area (Å²) in [6.07, 6.45) is 0. The smallest absolute Gasteiger partial charge is 0.254 e. The minimum Gasteiger partial charge on any atom is -0.395 e. The van der Waals surface area contributed by atoms with Crippen LogP contribution in [0.25, 0.3) is 0 Å². The van der Waals surface area contributed by atoms with Crippen molar-refractivity contribution in [3.63, 3.8) is 0 Å². The van der Waals surface area contributed by atoms with Crippen LogP contribution in [-0.4, -0.2) is 60.1 Å². The molecular formula is C11H15IN2O2S. The van der Waals surface area contributed by atoms with E-state index in [4.69, 9.17) is 5.11 Å². The number of aliphatic hydroxyl groups excluding tert-OH is 1. The molecule has 2 heterocycles. The number of carbonyl (C=O) groups is 1. The molecule has 0 aromatic carbocycles. The summed E-state index contributed by atoms with van der Waals surface area (Å²) in [4.78, 5) is 16.2. The van der Waals surface area contributed by atoms with Crippen LogP contribution in [0.2, 0.25) is 0 Å². The zero-order chi connectivity index (χ0) is 12.3. The first-order chi connectivity index (χ1) is 8.20. The molecule has 0 unspecified atom stereocenters. The van der Waals surface area contributed by atoms with E-state index in [-0.39, 0.29) is 12.5 Å². The summed E-state index contributed by atoms with van der Waals surface area (Å²) in [6, 6.07) is 1.94. The Morgan fingerprint density at radius 2 is 2.12 bits per heavy atom. The summed E-state index contributed by atoms with van der Waals surface area (Å²) < 4.78 is 1.14. The van der Waals surface area contributed by atoms with Gasteiger partial charge in [0, 0.05) is 38.1 Å². The fraction of sp³-hybridized carbons (Fsp3) is 0.545. The highest BCUT2D eigenvalue weighted by Gasteiger charge is 2.22. The van der Waals surface area contributed by atoms with Gasteiger partial charge in [0.05, 0.1) is 15.1 Å². The zero-order valence-electron chi connectivity index (χ0n) is 9.43. The summed E-state index contributed by atoms with van der Waals surface area (Å²) in [6.45, 7) is 4.12. The number of aliphatic hydroxyl groups is 1. The van der Waals surface area contributed by atoms with Crippen LogP contribution < -0.4 is 0 Å². The first kappa shape index (κ1) is 13.3. The Morgan fingerprint density at radius 3 is 2.65 bits per heavy atom. The number of piperazine rings is 1. The van der Waals surface area contributed by atoms with Crippen molar-refractivity contribution < 1.29 is 9.90 Å². The summed E-state index contributed by atoms with van der Waals surface area (Å²) in [7, 11) is 0. The van der Waals surface area contributed by atoms with Crippen molar-refractivity contribution in [2.75, 3.05) is 39.3 Å². The van der Waals surface area contributed by atoms with Gasteiger partial charge in [-0.1, -0.05) is 0 Å². The second-order valence-corrected chi connectivity index (χ2v) is 6.80. The van der Waals surface area contributed by atoms with E-state index in [0.717, 1.165) is 34.6 Å². The molecule has 2 rings (SSSR count). The molecule has 0 atom stereocenters. The van der Waals surface area contributed by atoms with Crippen LogP contribution in [0.15, 0.2) is 11.4 Å². The molecule has 1 aliphatic rings. The van der Waals surface area contributed by atoms with E-state index in [9.17, 15) is 4.79 Å². The van der Waals surface area contributed by atoms with E-state index in [1.54, 1.807) is 11.3 Å². The largest absolute Gasteiger partial charge is 0.395 e. The Balaban J connectivity index is 1.90. The molecule has 0 radical (unpaired) electrons. The SMILES string of the molecule is O=C(c1csc(I)c1)N1CCN(CCO)CC1. The minimum absolute atomic E-state index is 0.132. The molecule has 94 valence electrons. The minimum atomic E-state index is 0.132. The van der Waals surface area contributed by atoms with Crippen LogP contribution in [0.4, 0.5) is 0 Å². The molecule has 1 N–H and O–H groups in total. The number of amides is 1. The lowest BCUT2D eigenvalue weighted by Gasteiger charge is -2.34. The molecule has 1 amide bonds. The highest BCUT2D eigenvalue weighted by molar-refractivity contribution is 14.1. The molecule has 1 aromatic heterocycles. The first-order valence-electron chi connectivity index (χ1n) is 5.57. The fourth-order valence-corrected chi connectivity index (χ4v) is 3.24. The summed E-state index contributed by atoms with van der Waals surface area (Å²) in [5.41, 5.74) is 0.801. The summed E-state index contributed by atoms with van der Waals surface area (Å²) in [5, 5.41) is 10.8. The number of hydrogen-bond donors (Lipinski definition) is 1. The highest BCUT2D eigenvalue weighted by Crippen LogP contribution is 2.18. The van der Waals surface area contributed by atoms with Gasteiger partial charge >= 0.3 is 0 Å². The monoisotopic (exact) mass is 366 g/mol. The number of thiophene rings is 1. The van der Waals surface area contributed by atoms with E-state index < -0.39 is 0 Å². The topological polar surface area (TPSA) is 43.8 Å². The van der Waals surface area contributed by atoms with Crippen molar-refractivity contribution in [1.29, 1.82) is 0 Å². The maximum absolute atomic E-state index is 12.1. The Hall–Kier alpha value is -0.180. The van der Waals surface area contributed by atoms with Crippen molar-refractivity contribution in [1.82, 2.24) is 9.80 Å². The third-order valence-corrected chi connectivity index (χ3v) is 4.68. The summed E-state index contributed by atoms with van der Waals surface area (Å²) in [5.74, 6) is 0.132. The van der Waals surface area contributed by atoms with Crippen molar-refractivity contribution in [2.24, 2.45) is 0 Å². The standard InChI is InChI=1S/C11H15IN2O2S/c12-10-7-9(8-17-10)11(16)14-3-1-13(2-4-14)5-6-15/h7-8,15H,1-6H2. The van der Waals surface area contributed by atoms with Gasteiger partial charge in [0.2, 0.25) is 0 Å². The number of halogens is 1. The Labute approximate surface area is 118 Å². The number of hydrogen-bond acceptors (Lipinski definition) is 4. The first-order valence-corrected chi connectivity index (χ1v) is 7.53. The number of β-amino-alcohol motifs (C(OH)–C–C–N with tert-alkyl or cyclic N) is 1. The molecule has 0 bridgehead atoms. The molecule has 0 aliphatic carbocycles. The van der Waals surface area contributed by atoms with Gasteiger partial charge in [0.15, 0.2) is 0 Å². The third kappa shape index (κ3) is 3.40. The Kier molecular flexibility index (Phi) is 4.78. The van der Waals surface area contributed by atoms with Crippen molar-refractivity contribution >= 4 is 39.8 Å². The van der Waals surface area contributed by atoms with Gasteiger partial charge in [0.25, 0.3) is 5.91 Å². The molecule has 4 nitrogen and oxygen atoms in total. The van der Waals surface area contributed by atoms with Gasteiger partial charge in [-0.05, 0) is 28.7 Å². The molecule has 1 saturated heterocycles. The van der Waals surface area contributed by atoms with Crippen LogP contribution >= 0.6 is 33.9 Å². The maximum atomic E-state index is 12.1. The van der Waals surface area contributed by atoms with Crippen molar-refractivity contribution in [3.8, 4) is 0 Å². The van der Waals surface area contributed by atoms with Gasteiger partial charge in [-0.3, -0.25) is 9.69 Å². The lowest BCUT2D eigenvalue weighted by molar-refractivity contribution is 0.0615. The molecule has 0 saturated carbocycles. The maximum Gasteiger partial charge on any atom is 0.254 e. The predicted molar refractivity (Wildman–Crippen MR) is 76.5 cm³/mol. The van der Waals surface area contributed by atoms with E-state index in [1.807, 2.05) is 16.3 Å². The Bertz CT molecular complexity index is 389. The summed E-state index contributed by atoms with van der Waals surface area (Å²) >= 11 is 3.83. The second-order valence-electron chi connectivity index (χ2n) is 4.00. The number of nitrogens with zero attached hydrogens (tertiary/aromatic N) is 2. The van der Waals surface area contributed by atoms with Crippen LogP contribution in [0.1, 0.15) is 10.4 Å². The van der Waals surface area contributed by atoms with Gasteiger partial charge in [-0.2, -0.15) is 0 Å². The van der Waals surface area contributed by atoms with Crippen LogP contribution in [0.5, 0.6) is 0 Å². The Morgan fingerprint density at radius 1 is 1.41 bits per heavy atom. The van der Waals surface area contributed by atoms with Crippen molar-refractivity contribution in [2.45, 2.75) is 0 Å². The lowest BCUT2D eigenvalue weighted by atomic mass is 10.2. The van der Waals surface area contributed by atoms with E-state index in [0.29, 0.717) is 6.54 Å². The van der Waals surface area contributed by atoms with Gasteiger partial charge in [-0.25, -0.2) is 0 Å². The number of rotatable bonds is 3. The molecule has 6 heteroatoms. The highest BCUT2D eigenvalue weighted by atomic mass is 127. The van der Waals surface area contributed by atoms with Gasteiger partial charge in [0.1, 0.15) is 0 Å². The molecule has 1 fully saturated rings. The predicted octanol–water partition coefficient (Wildman–Crippen LogP) is 1.10. The van der Waals surface area contributed by atoms with E-state index in [1.165, 1.54) is 0 Å². The fourth-order valence-electron chi connectivity index (χ4n) is 1.92.